The third-order valence-electron chi connectivity index (χ3n) is 5.34. The van der Waals surface area contributed by atoms with Gasteiger partial charge in [-0.3, -0.25) is 4.79 Å². The van der Waals surface area contributed by atoms with Gasteiger partial charge in [0.05, 0.1) is 16.8 Å². The first-order valence-corrected chi connectivity index (χ1v) is 11.1. The van der Waals surface area contributed by atoms with Crippen LogP contribution in [0.1, 0.15) is 31.8 Å². The van der Waals surface area contributed by atoms with Crippen molar-refractivity contribution in [2.75, 3.05) is 23.6 Å². The first-order valence-electron chi connectivity index (χ1n) is 10.0. The number of ether oxygens (including phenoxy) is 1. The van der Waals surface area contributed by atoms with E-state index in [1.807, 2.05) is 13.0 Å². The molecule has 1 amide bonds. The van der Waals surface area contributed by atoms with Gasteiger partial charge in [-0.1, -0.05) is 18.2 Å². The third-order valence-corrected chi connectivity index (χ3v) is 6.01. The molecule has 0 atom stereocenters. The van der Waals surface area contributed by atoms with Crippen LogP contribution in [0.15, 0.2) is 48.5 Å². The average molecular weight is 564 g/mol. The Hall–Kier alpha value is -3.05. The fourth-order valence-electron chi connectivity index (χ4n) is 3.75. The van der Waals surface area contributed by atoms with Crippen molar-refractivity contribution in [3.8, 4) is 0 Å². The van der Waals surface area contributed by atoms with Gasteiger partial charge in [-0.25, -0.2) is 13.6 Å². The number of aliphatic hydroxyl groups is 1. The Kier molecular flexibility index (Phi) is 6.61. The lowest BCUT2D eigenvalue weighted by molar-refractivity contribution is 0.0491. The molecule has 0 aromatic heterocycles. The van der Waals surface area contributed by atoms with Crippen LogP contribution < -0.4 is 10.2 Å². The minimum absolute atomic E-state index is 0.144. The van der Waals surface area contributed by atoms with E-state index in [0.717, 1.165) is 15.2 Å². The molecule has 4 rings (SSSR count). The minimum atomic E-state index is -1.37. The summed E-state index contributed by atoms with van der Waals surface area (Å²) in [6.07, 6.45) is 0.272. The highest BCUT2D eigenvalue weighted by Gasteiger charge is 2.34. The molecular weight excluding hydrogens is 545 g/mol. The molecule has 1 aliphatic rings. The Morgan fingerprint density at radius 1 is 1.18 bits per heavy atom. The van der Waals surface area contributed by atoms with E-state index in [0.29, 0.717) is 16.9 Å². The standard InChI is InChI=1S/C24H19F2IN2O4/c1-13-10-15(27)6-7-19(13)29-12-33-24(32)17-11-16(20(25)21(26)22(17)29)23(31)28-18-5-3-2-4-14(18)8-9-30/h2-7,10-11,30H,8-9,12H2,1H3,(H,28,31). The highest BCUT2D eigenvalue weighted by atomic mass is 127. The van der Waals surface area contributed by atoms with Gasteiger partial charge in [-0.15, -0.1) is 0 Å². The number of rotatable bonds is 5. The summed E-state index contributed by atoms with van der Waals surface area (Å²) in [4.78, 5) is 26.6. The summed E-state index contributed by atoms with van der Waals surface area (Å²) in [6.45, 7) is 1.38. The molecule has 0 saturated heterocycles. The predicted octanol–water partition coefficient (Wildman–Crippen LogP) is 4.93. The van der Waals surface area contributed by atoms with Crippen LogP contribution in [0.25, 0.3) is 0 Å². The lowest BCUT2D eigenvalue weighted by Crippen LogP contribution is -2.33. The number of amides is 1. The Bertz CT molecular complexity index is 1270. The number of aliphatic hydroxyl groups excluding tert-OH is 1. The molecular formula is C24H19F2IN2O4. The fourth-order valence-corrected chi connectivity index (χ4v) is 4.40. The number of carbonyl (C=O) groups excluding carboxylic acids is 2. The van der Waals surface area contributed by atoms with E-state index in [4.69, 9.17) is 4.74 Å². The monoisotopic (exact) mass is 564 g/mol. The molecule has 0 radical (unpaired) electrons. The van der Waals surface area contributed by atoms with Gasteiger partial charge in [0.15, 0.2) is 18.4 Å². The molecule has 6 nitrogen and oxygen atoms in total. The van der Waals surface area contributed by atoms with Gasteiger partial charge in [0.1, 0.15) is 0 Å². The van der Waals surface area contributed by atoms with Gasteiger partial charge in [-0.05, 0) is 77.4 Å². The molecule has 1 heterocycles. The number of hydrogen-bond donors (Lipinski definition) is 2. The van der Waals surface area contributed by atoms with Crippen molar-refractivity contribution in [2.24, 2.45) is 0 Å². The van der Waals surface area contributed by atoms with E-state index in [9.17, 15) is 14.7 Å². The molecule has 0 unspecified atom stereocenters. The minimum Gasteiger partial charge on any atom is -0.440 e. The molecule has 0 aliphatic carbocycles. The molecule has 3 aromatic carbocycles. The van der Waals surface area contributed by atoms with Crippen molar-refractivity contribution < 1.29 is 28.2 Å². The number of anilines is 3. The molecule has 0 bridgehead atoms. The summed E-state index contributed by atoms with van der Waals surface area (Å²) in [5, 5.41) is 11.7. The van der Waals surface area contributed by atoms with Gasteiger partial charge in [0.25, 0.3) is 5.91 Å². The number of para-hydroxylation sites is 1. The zero-order chi connectivity index (χ0) is 23.7. The van der Waals surface area contributed by atoms with Gasteiger partial charge >= 0.3 is 5.97 Å². The quantitative estimate of drug-likeness (QED) is 0.340. The lowest BCUT2D eigenvalue weighted by atomic mass is 10.0. The molecule has 170 valence electrons. The summed E-state index contributed by atoms with van der Waals surface area (Å²) < 4.78 is 36.6. The number of carbonyl (C=O) groups is 2. The summed E-state index contributed by atoms with van der Waals surface area (Å²) in [7, 11) is 0. The Labute approximate surface area is 202 Å². The summed E-state index contributed by atoms with van der Waals surface area (Å²) in [6, 6.07) is 13.1. The molecule has 0 spiro atoms. The summed E-state index contributed by atoms with van der Waals surface area (Å²) >= 11 is 2.14. The molecule has 0 fully saturated rings. The van der Waals surface area contributed by atoms with Crippen molar-refractivity contribution in [1.82, 2.24) is 0 Å². The van der Waals surface area contributed by atoms with Crippen LogP contribution in [-0.2, 0) is 11.2 Å². The second-order valence-electron chi connectivity index (χ2n) is 7.45. The number of hydrogen-bond acceptors (Lipinski definition) is 5. The number of fused-ring (bicyclic) bond motifs is 1. The van der Waals surface area contributed by atoms with Crippen molar-refractivity contribution in [3.63, 3.8) is 0 Å². The Morgan fingerprint density at radius 3 is 2.67 bits per heavy atom. The van der Waals surface area contributed by atoms with Crippen LogP contribution in [0.5, 0.6) is 0 Å². The topological polar surface area (TPSA) is 78.9 Å². The number of cyclic esters (lactones) is 1. The predicted molar refractivity (Wildman–Crippen MR) is 128 cm³/mol. The first kappa shape index (κ1) is 23.1. The maximum atomic E-state index is 15.3. The van der Waals surface area contributed by atoms with Gasteiger partial charge in [-0.2, -0.15) is 0 Å². The maximum Gasteiger partial charge on any atom is 0.342 e. The highest BCUT2D eigenvalue weighted by Crippen LogP contribution is 2.39. The van der Waals surface area contributed by atoms with Gasteiger partial charge in [0.2, 0.25) is 0 Å². The zero-order valence-corrected chi connectivity index (χ0v) is 19.7. The number of aryl methyl sites for hydroxylation is 1. The van der Waals surface area contributed by atoms with E-state index < -0.39 is 29.1 Å². The van der Waals surface area contributed by atoms with E-state index in [2.05, 4.69) is 27.9 Å². The number of halogens is 3. The maximum absolute atomic E-state index is 15.3. The van der Waals surface area contributed by atoms with E-state index >= 15 is 8.78 Å². The van der Waals surface area contributed by atoms with Crippen molar-refractivity contribution in [1.29, 1.82) is 0 Å². The second kappa shape index (κ2) is 9.44. The van der Waals surface area contributed by atoms with Crippen LogP contribution in [0, 0.1) is 22.1 Å². The van der Waals surface area contributed by atoms with Crippen LogP contribution >= 0.6 is 22.6 Å². The Morgan fingerprint density at radius 2 is 1.94 bits per heavy atom. The fraction of sp³-hybridized carbons (Fsp3) is 0.167. The largest absolute Gasteiger partial charge is 0.440 e. The van der Waals surface area contributed by atoms with Gasteiger partial charge in [0, 0.05) is 21.6 Å². The first-order chi connectivity index (χ1) is 15.8. The third kappa shape index (κ3) is 4.42. The molecule has 33 heavy (non-hydrogen) atoms. The van der Waals surface area contributed by atoms with E-state index in [1.165, 1.54) is 4.90 Å². The number of nitrogens with one attached hydrogen (secondary N) is 1. The zero-order valence-electron chi connectivity index (χ0n) is 17.5. The molecule has 9 heteroatoms. The van der Waals surface area contributed by atoms with Crippen molar-refractivity contribution in [2.45, 2.75) is 13.3 Å². The van der Waals surface area contributed by atoms with E-state index in [1.54, 1.807) is 36.4 Å². The molecule has 1 aliphatic heterocycles. The molecule has 3 aromatic rings. The highest BCUT2D eigenvalue weighted by molar-refractivity contribution is 14.1. The molecule has 0 saturated carbocycles. The van der Waals surface area contributed by atoms with E-state index in [-0.39, 0.29) is 31.0 Å². The summed E-state index contributed by atoms with van der Waals surface area (Å²) in [5.74, 6) is -4.45. The smallest absolute Gasteiger partial charge is 0.342 e. The van der Waals surface area contributed by atoms with Crippen LogP contribution in [-0.4, -0.2) is 30.3 Å². The Balaban J connectivity index is 1.77. The van der Waals surface area contributed by atoms with Gasteiger partial charge < -0.3 is 20.1 Å². The van der Waals surface area contributed by atoms with Crippen molar-refractivity contribution >= 4 is 51.5 Å². The molecule has 2 N–H and O–H groups in total. The normalized spacial score (nSPS) is 12.9. The van der Waals surface area contributed by atoms with Crippen LogP contribution in [0.2, 0.25) is 0 Å². The number of esters is 1. The average Bonchev–Trinajstić information content (AvgIpc) is 2.78. The lowest BCUT2D eigenvalue weighted by Gasteiger charge is -2.32. The second-order valence-corrected chi connectivity index (χ2v) is 8.70. The summed E-state index contributed by atoms with van der Waals surface area (Å²) in [5.41, 5.74) is 1.19. The SMILES string of the molecule is Cc1cc(I)ccc1N1COC(=O)c2cc(C(=O)Nc3ccccc3CCO)c(F)c(F)c21. The van der Waals surface area contributed by atoms with Crippen LogP contribution in [0.3, 0.4) is 0 Å². The number of benzene rings is 3. The van der Waals surface area contributed by atoms with Crippen LogP contribution in [0.4, 0.5) is 25.8 Å². The number of nitrogens with zero attached hydrogens (tertiary/aromatic N) is 1. The van der Waals surface area contributed by atoms with Crippen molar-refractivity contribution in [3.05, 3.63) is 86.0 Å².